The number of hydrogen-bond donors (Lipinski definition) is 1. The number of nitrogens with zero attached hydrogens (tertiary/aromatic N) is 3. The third kappa shape index (κ3) is 5.65. The zero-order chi connectivity index (χ0) is 23.3. The molecule has 10 heteroatoms. The minimum atomic E-state index is -3.59. The van der Waals surface area contributed by atoms with Crippen LogP contribution in [0.3, 0.4) is 0 Å². The molecule has 172 valence electrons. The zero-order valence-electron chi connectivity index (χ0n) is 17.9. The van der Waals surface area contributed by atoms with Crippen molar-refractivity contribution in [2.45, 2.75) is 24.3 Å². The van der Waals surface area contributed by atoms with Crippen molar-refractivity contribution in [3.05, 3.63) is 78.1 Å². The van der Waals surface area contributed by atoms with Gasteiger partial charge >= 0.3 is 5.97 Å². The summed E-state index contributed by atoms with van der Waals surface area (Å²) in [5.74, 6) is -1.24. The normalized spacial score (nSPS) is 14.2. The molecule has 1 N–H and O–H groups in total. The molecule has 1 fully saturated rings. The Labute approximate surface area is 192 Å². The number of carbonyl (C=O) groups excluding carboxylic acids is 2. The van der Waals surface area contributed by atoms with E-state index in [9.17, 15) is 18.0 Å². The molecular formula is C23H24N4O5S. The molecule has 4 rings (SSSR count). The molecule has 0 saturated carbocycles. The Morgan fingerprint density at radius 3 is 2.55 bits per heavy atom. The van der Waals surface area contributed by atoms with Crippen molar-refractivity contribution in [2.24, 2.45) is 0 Å². The lowest BCUT2D eigenvalue weighted by atomic mass is 10.2. The van der Waals surface area contributed by atoms with Crippen molar-refractivity contribution in [2.75, 3.05) is 25.0 Å². The minimum Gasteiger partial charge on any atom is -0.452 e. The summed E-state index contributed by atoms with van der Waals surface area (Å²) in [6.45, 7) is 0.991. The summed E-state index contributed by atoms with van der Waals surface area (Å²) < 4.78 is 33.5. The molecule has 1 aliphatic heterocycles. The Kier molecular flexibility index (Phi) is 6.85. The lowest BCUT2D eigenvalue weighted by Crippen LogP contribution is -2.28. The molecule has 33 heavy (non-hydrogen) atoms. The van der Waals surface area contributed by atoms with Crippen LogP contribution in [0.1, 0.15) is 28.8 Å². The third-order valence-electron chi connectivity index (χ3n) is 5.21. The molecule has 0 atom stereocenters. The second-order valence-corrected chi connectivity index (χ2v) is 9.61. The van der Waals surface area contributed by atoms with Crippen LogP contribution in [0.4, 0.5) is 5.69 Å². The van der Waals surface area contributed by atoms with Gasteiger partial charge in [-0.1, -0.05) is 36.4 Å². The zero-order valence-corrected chi connectivity index (χ0v) is 18.7. The molecule has 1 amide bonds. The molecule has 9 nitrogen and oxygen atoms in total. The summed E-state index contributed by atoms with van der Waals surface area (Å²) in [5, 5.41) is 6.72. The van der Waals surface area contributed by atoms with Gasteiger partial charge in [0.2, 0.25) is 10.0 Å². The number of esters is 1. The van der Waals surface area contributed by atoms with Crippen LogP contribution in [0.25, 0.3) is 0 Å². The molecule has 1 aromatic heterocycles. The van der Waals surface area contributed by atoms with Crippen molar-refractivity contribution in [3.8, 4) is 0 Å². The first-order valence-corrected chi connectivity index (χ1v) is 12.0. The van der Waals surface area contributed by atoms with E-state index in [4.69, 9.17) is 4.74 Å². The molecule has 0 unspecified atom stereocenters. The molecule has 0 spiro atoms. The van der Waals surface area contributed by atoms with Crippen LogP contribution in [0, 0.1) is 0 Å². The van der Waals surface area contributed by atoms with Crippen LogP contribution in [0.2, 0.25) is 0 Å². The highest BCUT2D eigenvalue weighted by atomic mass is 32.2. The van der Waals surface area contributed by atoms with Gasteiger partial charge in [-0.15, -0.1) is 0 Å². The molecule has 2 heterocycles. The van der Waals surface area contributed by atoms with E-state index >= 15 is 0 Å². The van der Waals surface area contributed by atoms with E-state index in [0.29, 0.717) is 25.3 Å². The standard InChI is InChI=1S/C23H24N4O5S/c28-22(25-20-9-6-10-21(13-20)33(30,31)27-11-4-5-12-27)17-32-23(29)19-14-24-26(16-19)15-18-7-2-1-3-8-18/h1-3,6-10,13-14,16H,4-5,11-12,15,17H2,(H,25,28). The number of sulfonamides is 1. The van der Waals surface area contributed by atoms with Crippen LogP contribution >= 0.6 is 0 Å². The first kappa shape index (κ1) is 22.7. The molecule has 1 saturated heterocycles. The fourth-order valence-corrected chi connectivity index (χ4v) is 5.11. The highest BCUT2D eigenvalue weighted by molar-refractivity contribution is 7.89. The Balaban J connectivity index is 1.31. The maximum atomic E-state index is 12.7. The smallest absolute Gasteiger partial charge is 0.341 e. The second kappa shape index (κ2) is 9.97. The first-order valence-electron chi connectivity index (χ1n) is 10.6. The summed E-state index contributed by atoms with van der Waals surface area (Å²) in [5.41, 5.74) is 1.58. The number of ether oxygens (including phenoxy) is 1. The molecule has 2 aromatic carbocycles. The van der Waals surface area contributed by atoms with Gasteiger partial charge in [0.15, 0.2) is 6.61 Å². The monoisotopic (exact) mass is 468 g/mol. The first-order chi connectivity index (χ1) is 15.9. The highest BCUT2D eigenvalue weighted by Gasteiger charge is 2.27. The van der Waals surface area contributed by atoms with Crippen LogP contribution in [-0.4, -0.2) is 54.1 Å². The van der Waals surface area contributed by atoms with Gasteiger partial charge in [0.1, 0.15) is 0 Å². The van der Waals surface area contributed by atoms with Gasteiger partial charge in [0, 0.05) is 25.0 Å². The van der Waals surface area contributed by atoms with E-state index in [0.717, 1.165) is 18.4 Å². The summed E-state index contributed by atoms with van der Waals surface area (Å²) in [4.78, 5) is 24.6. The Bertz CT molecular complexity index is 1230. The average molecular weight is 469 g/mol. The highest BCUT2D eigenvalue weighted by Crippen LogP contribution is 2.23. The van der Waals surface area contributed by atoms with Gasteiger partial charge in [0.05, 0.1) is 23.2 Å². The van der Waals surface area contributed by atoms with Crippen LogP contribution in [0.5, 0.6) is 0 Å². The molecule has 0 radical (unpaired) electrons. The lowest BCUT2D eigenvalue weighted by Gasteiger charge is -2.16. The third-order valence-corrected chi connectivity index (χ3v) is 7.11. The van der Waals surface area contributed by atoms with Crippen LogP contribution in [-0.2, 0) is 26.1 Å². The average Bonchev–Trinajstić information content (AvgIpc) is 3.51. The second-order valence-electron chi connectivity index (χ2n) is 7.68. The summed E-state index contributed by atoms with van der Waals surface area (Å²) in [6, 6.07) is 15.7. The summed E-state index contributed by atoms with van der Waals surface area (Å²) in [6.07, 6.45) is 4.62. The quantitative estimate of drug-likeness (QED) is 0.509. The predicted octanol–water partition coefficient (Wildman–Crippen LogP) is 2.51. The molecule has 1 aliphatic rings. The van der Waals surface area contributed by atoms with E-state index < -0.39 is 28.5 Å². The van der Waals surface area contributed by atoms with Crippen LogP contribution < -0.4 is 5.32 Å². The SMILES string of the molecule is O=C(COC(=O)c1cnn(Cc2ccccc2)c1)Nc1cccc(S(=O)(=O)N2CCCC2)c1. The molecule has 3 aromatic rings. The van der Waals surface area contributed by atoms with Crippen molar-refractivity contribution in [1.82, 2.24) is 14.1 Å². The van der Waals surface area contributed by atoms with Crippen LogP contribution in [0.15, 0.2) is 71.9 Å². The number of benzene rings is 2. The number of aromatic nitrogens is 2. The number of carbonyl (C=O) groups is 2. The number of amides is 1. The van der Waals surface area contributed by atoms with Gasteiger partial charge < -0.3 is 10.1 Å². The predicted molar refractivity (Wildman–Crippen MR) is 121 cm³/mol. The fourth-order valence-electron chi connectivity index (χ4n) is 3.55. The molecular weight excluding hydrogens is 444 g/mol. The van der Waals surface area contributed by atoms with Gasteiger partial charge in [-0.3, -0.25) is 9.48 Å². The Hall–Kier alpha value is -3.50. The Morgan fingerprint density at radius 1 is 1.03 bits per heavy atom. The maximum Gasteiger partial charge on any atom is 0.341 e. The van der Waals surface area contributed by atoms with Crippen molar-refractivity contribution in [3.63, 3.8) is 0 Å². The van der Waals surface area contributed by atoms with Gasteiger partial charge in [-0.2, -0.15) is 9.40 Å². The van der Waals surface area contributed by atoms with E-state index in [1.807, 2.05) is 30.3 Å². The van der Waals surface area contributed by atoms with Gasteiger partial charge in [-0.05, 0) is 36.6 Å². The minimum absolute atomic E-state index is 0.116. The number of rotatable bonds is 8. The molecule has 0 bridgehead atoms. The van der Waals surface area contributed by atoms with E-state index in [-0.39, 0.29) is 10.5 Å². The van der Waals surface area contributed by atoms with E-state index in [1.54, 1.807) is 23.0 Å². The fraction of sp³-hybridized carbons (Fsp3) is 0.261. The van der Waals surface area contributed by atoms with E-state index in [1.165, 1.54) is 22.6 Å². The maximum absolute atomic E-state index is 12.7. The van der Waals surface area contributed by atoms with Crippen molar-refractivity contribution >= 4 is 27.6 Å². The largest absolute Gasteiger partial charge is 0.452 e. The number of anilines is 1. The van der Waals surface area contributed by atoms with Crippen molar-refractivity contribution in [1.29, 1.82) is 0 Å². The molecule has 0 aliphatic carbocycles. The van der Waals surface area contributed by atoms with E-state index in [2.05, 4.69) is 10.4 Å². The van der Waals surface area contributed by atoms with Crippen molar-refractivity contribution < 1.29 is 22.7 Å². The summed E-state index contributed by atoms with van der Waals surface area (Å²) in [7, 11) is -3.59. The van der Waals surface area contributed by atoms with Gasteiger partial charge in [-0.25, -0.2) is 13.2 Å². The van der Waals surface area contributed by atoms with Gasteiger partial charge in [0.25, 0.3) is 5.91 Å². The Morgan fingerprint density at radius 2 is 1.79 bits per heavy atom. The summed E-state index contributed by atoms with van der Waals surface area (Å²) >= 11 is 0. The lowest BCUT2D eigenvalue weighted by molar-refractivity contribution is -0.119. The number of nitrogens with one attached hydrogen (secondary N) is 1. The number of hydrogen-bond acceptors (Lipinski definition) is 6. The topological polar surface area (TPSA) is 111 Å².